The molecule has 0 aliphatic rings. The van der Waals surface area contributed by atoms with Gasteiger partial charge in [-0.25, -0.2) is 0 Å². The summed E-state index contributed by atoms with van der Waals surface area (Å²) in [4.78, 5) is 26.1. The van der Waals surface area contributed by atoms with Crippen molar-refractivity contribution >= 4 is 23.2 Å². The fourth-order valence-corrected chi connectivity index (χ4v) is 2.74. The number of hydrogen-bond donors (Lipinski definition) is 2. The molecule has 0 saturated heterocycles. The number of carbonyl (C=O) groups excluding carboxylic acids is 2. The van der Waals surface area contributed by atoms with Crippen LogP contribution in [0.2, 0.25) is 0 Å². The molecule has 2 aromatic carbocycles. The predicted molar refractivity (Wildman–Crippen MR) is 108 cm³/mol. The maximum absolute atomic E-state index is 12.3. The Morgan fingerprint density at radius 1 is 0.926 bits per heavy atom. The third kappa shape index (κ3) is 6.42. The largest absolute Gasteiger partial charge is 0.494 e. The zero-order chi connectivity index (χ0) is 19.8. The molecular weight excluding hydrogens is 342 g/mol. The summed E-state index contributed by atoms with van der Waals surface area (Å²) >= 11 is 0. The van der Waals surface area contributed by atoms with E-state index in [1.165, 1.54) is 0 Å². The molecule has 2 aromatic rings. The number of anilines is 2. The van der Waals surface area contributed by atoms with E-state index in [0.717, 1.165) is 22.6 Å². The van der Waals surface area contributed by atoms with Crippen molar-refractivity contribution < 1.29 is 14.3 Å². The fraction of sp³-hybridized carbons (Fsp3) is 0.333. The zero-order valence-corrected chi connectivity index (χ0v) is 16.3. The normalized spacial score (nSPS) is 10.6. The lowest BCUT2D eigenvalue weighted by molar-refractivity contribution is -0.119. The van der Waals surface area contributed by atoms with Gasteiger partial charge < -0.3 is 15.4 Å². The fourth-order valence-electron chi connectivity index (χ4n) is 2.74. The van der Waals surface area contributed by atoms with E-state index in [9.17, 15) is 9.59 Å². The first-order valence-electron chi connectivity index (χ1n) is 8.96. The maximum Gasteiger partial charge on any atom is 0.238 e. The summed E-state index contributed by atoms with van der Waals surface area (Å²) in [5.74, 6) is 0.432. The second kappa shape index (κ2) is 9.73. The molecule has 0 aliphatic carbocycles. The lowest BCUT2D eigenvalue weighted by atomic mass is 10.1. The van der Waals surface area contributed by atoms with Crippen LogP contribution in [-0.4, -0.2) is 43.5 Å². The van der Waals surface area contributed by atoms with Gasteiger partial charge in [0.1, 0.15) is 5.75 Å². The lowest BCUT2D eigenvalue weighted by Crippen LogP contribution is -2.36. The highest BCUT2D eigenvalue weighted by Gasteiger charge is 2.13. The van der Waals surface area contributed by atoms with Crippen LogP contribution in [0.1, 0.15) is 18.1 Å². The van der Waals surface area contributed by atoms with E-state index in [1.807, 2.05) is 39.0 Å². The Morgan fingerprint density at radius 3 is 2.04 bits per heavy atom. The number of rotatable bonds is 8. The molecule has 0 atom stereocenters. The van der Waals surface area contributed by atoms with E-state index in [4.69, 9.17) is 4.74 Å². The van der Waals surface area contributed by atoms with Gasteiger partial charge in [-0.2, -0.15) is 0 Å². The monoisotopic (exact) mass is 369 g/mol. The Bertz CT molecular complexity index is 768. The number of ether oxygens (including phenoxy) is 1. The van der Waals surface area contributed by atoms with Gasteiger partial charge in [0.25, 0.3) is 0 Å². The first-order valence-corrected chi connectivity index (χ1v) is 8.96. The highest BCUT2D eigenvalue weighted by molar-refractivity contribution is 5.95. The highest BCUT2D eigenvalue weighted by atomic mass is 16.5. The first kappa shape index (κ1) is 20.5. The van der Waals surface area contributed by atoms with E-state index >= 15 is 0 Å². The SMILES string of the molecule is CCOc1ccc(NC(=O)CN(C)CC(=O)Nc2c(C)cccc2C)cc1. The van der Waals surface area contributed by atoms with Crippen LogP contribution in [-0.2, 0) is 9.59 Å². The minimum absolute atomic E-state index is 0.118. The molecule has 0 radical (unpaired) electrons. The molecule has 0 fully saturated rings. The van der Waals surface area contributed by atoms with Crippen LogP contribution >= 0.6 is 0 Å². The molecule has 6 heteroatoms. The average Bonchev–Trinajstić information content (AvgIpc) is 2.60. The number of likely N-dealkylation sites (N-methyl/N-ethyl adjacent to an activating group) is 1. The van der Waals surface area contributed by atoms with Crippen LogP contribution in [0.5, 0.6) is 5.75 Å². The molecule has 0 aliphatic heterocycles. The summed E-state index contributed by atoms with van der Waals surface area (Å²) in [7, 11) is 1.74. The summed E-state index contributed by atoms with van der Waals surface area (Å²) in [6, 6.07) is 13.1. The minimum atomic E-state index is -0.179. The molecule has 0 heterocycles. The zero-order valence-electron chi connectivity index (χ0n) is 16.3. The minimum Gasteiger partial charge on any atom is -0.494 e. The number of para-hydroxylation sites is 1. The van der Waals surface area contributed by atoms with Crippen molar-refractivity contribution in [1.82, 2.24) is 4.90 Å². The predicted octanol–water partition coefficient (Wildman–Crippen LogP) is 3.21. The highest BCUT2D eigenvalue weighted by Crippen LogP contribution is 2.19. The van der Waals surface area contributed by atoms with Gasteiger partial charge in [0.2, 0.25) is 11.8 Å². The molecule has 2 amide bonds. The van der Waals surface area contributed by atoms with Crippen LogP contribution in [0.25, 0.3) is 0 Å². The van der Waals surface area contributed by atoms with Gasteiger partial charge >= 0.3 is 0 Å². The molecule has 2 rings (SSSR count). The molecular formula is C21H27N3O3. The summed E-state index contributed by atoms with van der Waals surface area (Å²) in [6.45, 7) is 6.67. The van der Waals surface area contributed by atoms with Crippen molar-refractivity contribution in [1.29, 1.82) is 0 Å². The second-order valence-electron chi connectivity index (χ2n) is 6.49. The molecule has 0 unspecified atom stereocenters. The van der Waals surface area contributed by atoms with E-state index in [1.54, 1.807) is 36.2 Å². The summed E-state index contributed by atoms with van der Waals surface area (Å²) < 4.78 is 5.37. The number of amides is 2. The van der Waals surface area contributed by atoms with Crippen molar-refractivity contribution in [3.63, 3.8) is 0 Å². The molecule has 144 valence electrons. The Labute approximate surface area is 160 Å². The van der Waals surface area contributed by atoms with Gasteiger partial charge in [0, 0.05) is 11.4 Å². The van der Waals surface area contributed by atoms with E-state index in [-0.39, 0.29) is 24.9 Å². The molecule has 0 aromatic heterocycles. The lowest BCUT2D eigenvalue weighted by Gasteiger charge is -2.17. The number of nitrogens with one attached hydrogen (secondary N) is 2. The smallest absolute Gasteiger partial charge is 0.238 e. The van der Waals surface area contributed by atoms with E-state index in [2.05, 4.69) is 10.6 Å². The number of nitrogens with zero attached hydrogens (tertiary/aromatic N) is 1. The summed E-state index contributed by atoms with van der Waals surface area (Å²) in [6.07, 6.45) is 0. The Hall–Kier alpha value is -2.86. The van der Waals surface area contributed by atoms with Crippen LogP contribution in [0, 0.1) is 13.8 Å². The summed E-state index contributed by atoms with van der Waals surface area (Å²) in [5, 5.41) is 5.74. The molecule has 0 spiro atoms. The third-order valence-corrected chi connectivity index (χ3v) is 4.02. The van der Waals surface area contributed by atoms with Crippen molar-refractivity contribution in [3.05, 3.63) is 53.6 Å². The van der Waals surface area contributed by atoms with E-state index < -0.39 is 0 Å². The number of benzene rings is 2. The quantitative estimate of drug-likeness (QED) is 0.750. The Kier molecular flexibility index (Phi) is 7.37. The van der Waals surface area contributed by atoms with Crippen LogP contribution in [0.3, 0.4) is 0 Å². The average molecular weight is 369 g/mol. The van der Waals surface area contributed by atoms with Crippen LogP contribution in [0.4, 0.5) is 11.4 Å². The summed E-state index contributed by atoms with van der Waals surface area (Å²) in [5.41, 5.74) is 3.55. The van der Waals surface area contributed by atoms with Gasteiger partial charge in [-0.05, 0) is 63.2 Å². The van der Waals surface area contributed by atoms with Gasteiger partial charge in [-0.15, -0.1) is 0 Å². The number of hydrogen-bond acceptors (Lipinski definition) is 4. The van der Waals surface area contributed by atoms with Gasteiger partial charge in [0.05, 0.1) is 19.7 Å². The van der Waals surface area contributed by atoms with Crippen molar-refractivity contribution in [2.75, 3.05) is 37.4 Å². The Balaban J connectivity index is 1.82. The van der Waals surface area contributed by atoms with Crippen molar-refractivity contribution in [2.45, 2.75) is 20.8 Å². The molecule has 0 bridgehead atoms. The number of carbonyl (C=O) groups is 2. The maximum atomic E-state index is 12.3. The molecule has 0 saturated carbocycles. The van der Waals surface area contributed by atoms with E-state index in [0.29, 0.717) is 12.3 Å². The molecule has 2 N–H and O–H groups in total. The molecule has 6 nitrogen and oxygen atoms in total. The molecule has 27 heavy (non-hydrogen) atoms. The topological polar surface area (TPSA) is 70.7 Å². The Morgan fingerprint density at radius 2 is 1.48 bits per heavy atom. The van der Waals surface area contributed by atoms with Crippen molar-refractivity contribution in [3.8, 4) is 5.75 Å². The first-order chi connectivity index (χ1) is 12.9. The number of aryl methyl sites for hydroxylation is 2. The van der Waals surface area contributed by atoms with Crippen molar-refractivity contribution in [2.24, 2.45) is 0 Å². The van der Waals surface area contributed by atoms with Crippen LogP contribution < -0.4 is 15.4 Å². The van der Waals surface area contributed by atoms with Gasteiger partial charge in [-0.1, -0.05) is 18.2 Å². The third-order valence-electron chi connectivity index (χ3n) is 4.02. The second-order valence-corrected chi connectivity index (χ2v) is 6.49. The standard InChI is InChI=1S/C21H27N3O3/c1-5-27-18-11-9-17(10-12-18)22-19(25)13-24(4)14-20(26)23-21-15(2)7-6-8-16(21)3/h6-12H,5,13-14H2,1-4H3,(H,22,25)(H,23,26). The van der Waals surface area contributed by atoms with Crippen LogP contribution in [0.15, 0.2) is 42.5 Å². The van der Waals surface area contributed by atoms with Gasteiger partial charge in [0.15, 0.2) is 0 Å². The van der Waals surface area contributed by atoms with Gasteiger partial charge in [-0.3, -0.25) is 14.5 Å².